The maximum absolute atomic E-state index is 12.7. The highest BCUT2D eigenvalue weighted by Gasteiger charge is 2.35. The van der Waals surface area contributed by atoms with Crippen LogP contribution in [-0.2, 0) is 4.79 Å². The Morgan fingerprint density at radius 3 is 2.47 bits per heavy atom. The zero-order chi connectivity index (χ0) is 14.0. The molecule has 3 unspecified atom stereocenters. The number of piperidine rings is 1. The van der Waals surface area contributed by atoms with E-state index in [4.69, 9.17) is 5.73 Å². The van der Waals surface area contributed by atoms with E-state index in [1.807, 2.05) is 11.9 Å². The first-order valence-electron chi connectivity index (χ1n) is 7.69. The SMILES string of the molecule is CC1CCC(N)C(C(=O)N(C)C2CCN(C)CC2)C1. The zero-order valence-corrected chi connectivity index (χ0v) is 12.6. The van der Waals surface area contributed by atoms with Gasteiger partial charge in [0.05, 0.1) is 5.92 Å². The quantitative estimate of drug-likeness (QED) is 0.820. The molecule has 4 nitrogen and oxygen atoms in total. The van der Waals surface area contributed by atoms with E-state index >= 15 is 0 Å². The number of likely N-dealkylation sites (tertiary alicyclic amines) is 1. The van der Waals surface area contributed by atoms with Crippen LogP contribution >= 0.6 is 0 Å². The van der Waals surface area contributed by atoms with E-state index in [1.54, 1.807) is 0 Å². The van der Waals surface area contributed by atoms with Gasteiger partial charge in [0.25, 0.3) is 0 Å². The van der Waals surface area contributed by atoms with Gasteiger partial charge in [0.1, 0.15) is 0 Å². The molecule has 0 radical (unpaired) electrons. The van der Waals surface area contributed by atoms with Crippen molar-refractivity contribution in [2.24, 2.45) is 17.6 Å². The molecule has 1 aliphatic heterocycles. The predicted octanol–water partition coefficient (Wildman–Crippen LogP) is 1.30. The maximum Gasteiger partial charge on any atom is 0.227 e. The molecule has 4 heteroatoms. The fourth-order valence-corrected chi connectivity index (χ4v) is 3.51. The number of nitrogens with zero attached hydrogens (tertiary/aromatic N) is 2. The average molecular weight is 267 g/mol. The van der Waals surface area contributed by atoms with Crippen molar-refractivity contribution in [3.8, 4) is 0 Å². The van der Waals surface area contributed by atoms with Crippen LogP contribution in [0.2, 0.25) is 0 Å². The minimum atomic E-state index is 0.0495. The highest BCUT2D eigenvalue weighted by Crippen LogP contribution is 2.30. The largest absolute Gasteiger partial charge is 0.342 e. The second-order valence-electron chi connectivity index (χ2n) is 6.67. The van der Waals surface area contributed by atoms with Crippen LogP contribution in [0.15, 0.2) is 0 Å². The summed E-state index contributed by atoms with van der Waals surface area (Å²) in [4.78, 5) is 17.0. The molecular formula is C15H29N3O. The summed E-state index contributed by atoms with van der Waals surface area (Å²) in [6.07, 6.45) is 5.32. The summed E-state index contributed by atoms with van der Waals surface area (Å²) >= 11 is 0. The van der Waals surface area contributed by atoms with Gasteiger partial charge in [-0.05, 0) is 58.2 Å². The number of hydrogen-bond acceptors (Lipinski definition) is 3. The minimum Gasteiger partial charge on any atom is -0.342 e. The molecule has 19 heavy (non-hydrogen) atoms. The Kier molecular flexibility index (Phi) is 4.85. The van der Waals surface area contributed by atoms with Gasteiger partial charge in [-0.3, -0.25) is 4.79 Å². The van der Waals surface area contributed by atoms with Gasteiger partial charge in [0.15, 0.2) is 0 Å². The van der Waals surface area contributed by atoms with E-state index in [0.29, 0.717) is 12.0 Å². The molecule has 0 aromatic carbocycles. The van der Waals surface area contributed by atoms with E-state index in [9.17, 15) is 4.79 Å². The number of rotatable bonds is 2. The van der Waals surface area contributed by atoms with Gasteiger partial charge < -0.3 is 15.5 Å². The summed E-state index contributed by atoms with van der Waals surface area (Å²) in [7, 11) is 4.13. The average Bonchev–Trinajstić information content (AvgIpc) is 2.41. The third-order valence-corrected chi connectivity index (χ3v) is 5.07. The molecule has 0 bridgehead atoms. The molecule has 0 aromatic heterocycles. The van der Waals surface area contributed by atoms with Crippen molar-refractivity contribution in [2.75, 3.05) is 27.2 Å². The monoisotopic (exact) mass is 267 g/mol. The summed E-state index contributed by atoms with van der Waals surface area (Å²) in [5.74, 6) is 0.974. The van der Waals surface area contributed by atoms with Crippen LogP contribution in [0.1, 0.15) is 39.0 Å². The minimum absolute atomic E-state index is 0.0495. The van der Waals surface area contributed by atoms with Crippen molar-refractivity contribution in [1.82, 2.24) is 9.80 Å². The molecule has 110 valence electrons. The lowest BCUT2D eigenvalue weighted by Gasteiger charge is -2.39. The molecule has 2 aliphatic rings. The van der Waals surface area contributed by atoms with E-state index < -0.39 is 0 Å². The Hall–Kier alpha value is -0.610. The van der Waals surface area contributed by atoms with E-state index in [2.05, 4.69) is 18.9 Å². The Bertz CT molecular complexity index is 313. The Labute approximate surface area is 117 Å². The number of amides is 1. The van der Waals surface area contributed by atoms with Crippen LogP contribution in [0, 0.1) is 11.8 Å². The lowest BCUT2D eigenvalue weighted by molar-refractivity contribution is -0.139. The standard InChI is InChI=1S/C15H29N3O/c1-11-4-5-14(16)13(10-11)15(19)18(3)12-6-8-17(2)9-7-12/h11-14H,4-10,16H2,1-3H3. The van der Waals surface area contributed by atoms with Crippen molar-refractivity contribution in [3.05, 3.63) is 0 Å². The lowest BCUT2D eigenvalue weighted by Crippen LogP contribution is -2.51. The first kappa shape index (κ1) is 14.8. The molecule has 1 saturated carbocycles. The topological polar surface area (TPSA) is 49.6 Å². The molecule has 1 amide bonds. The smallest absolute Gasteiger partial charge is 0.227 e. The first-order chi connectivity index (χ1) is 8.99. The van der Waals surface area contributed by atoms with Crippen molar-refractivity contribution < 1.29 is 4.79 Å². The molecule has 3 atom stereocenters. The fraction of sp³-hybridized carbons (Fsp3) is 0.933. The fourth-order valence-electron chi connectivity index (χ4n) is 3.51. The molecule has 2 rings (SSSR count). The summed E-state index contributed by atoms with van der Waals surface area (Å²) in [5, 5.41) is 0. The van der Waals surface area contributed by atoms with Crippen LogP contribution in [0.4, 0.5) is 0 Å². The second-order valence-corrected chi connectivity index (χ2v) is 6.67. The predicted molar refractivity (Wildman–Crippen MR) is 77.8 cm³/mol. The number of carbonyl (C=O) groups excluding carboxylic acids is 1. The molecule has 1 saturated heterocycles. The van der Waals surface area contributed by atoms with E-state index in [0.717, 1.165) is 38.8 Å². The van der Waals surface area contributed by atoms with E-state index in [1.165, 1.54) is 6.42 Å². The van der Waals surface area contributed by atoms with Gasteiger partial charge >= 0.3 is 0 Å². The first-order valence-corrected chi connectivity index (χ1v) is 7.69. The van der Waals surface area contributed by atoms with Gasteiger partial charge in [0.2, 0.25) is 5.91 Å². The lowest BCUT2D eigenvalue weighted by atomic mass is 9.78. The summed E-state index contributed by atoms with van der Waals surface area (Å²) in [6.45, 7) is 4.42. The summed E-state index contributed by atoms with van der Waals surface area (Å²) in [5.41, 5.74) is 6.18. The second kappa shape index (κ2) is 6.23. The van der Waals surface area contributed by atoms with Crippen molar-refractivity contribution in [3.63, 3.8) is 0 Å². The molecule has 0 spiro atoms. The van der Waals surface area contributed by atoms with Gasteiger partial charge in [-0.1, -0.05) is 6.92 Å². The van der Waals surface area contributed by atoms with Crippen molar-refractivity contribution in [2.45, 2.75) is 51.1 Å². The van der Waals surface area contributed by atoms with Gasteiger partial charge in [-0.15, -0.1) is 0 Å². The zero-order valence-electron chi connectivity index (χ0n) is 12.6. The van der Waals surface area contributed by atoms with Crippen LogP contribution in [0.3, 0.4) is 0 Å². The Morgan fingerprint density at radius 2 is 1.84 bits per heavy atom. The number of nitrogens with two attached hydrogens (primary N) is 1. The normalized spacial score (nSPS) is 34.2. The highest BCUT2D eigenvalue weighted by atomic mass is 16.2. The molecule has 2 N–H and O–H groups in total. The van der Waals surface area contributed by atoms with Crippen molar-refractivity contribution in [1.29, 1.82) is 0 Å². The number of hydrogen-bond donors (Lipinski definition) is 1. The van der Waals surface area contributed by atoms with Crippen molar-refractivity contribution >= 4 is 5.91 Å². The molecular weight excluding hydrogens is 238 g/mol. The third-order valence-electron chi connectivity index (χ3n) is 5.07. The van der Waals surface area contributed by atoms with Gasteiger partial charge in [-0.25, -0.2) is 0 Å². The molecule has 1 aliphatic carbocycles. The highest BCUT2D eigenvalue weighted by molar-refractivity contribution is 5.79. The van der Waals surface area contributed by atoms with Gasteiger partial charge in [-0.2, -0.15) is 0 Å². The number of carbonyl (C=O) groups is 1. The van der Waals surface area contributed by atoms with Crippen LogP contribution < -0.4 is 5.73 Å². The van der Waals surface area contributed by atoms with E-state index in [-0.39, 0.29) is 17.9 Å². The Morgan fingerprint density at radius 1 is 1.21 bits per heavy atom. The summed E-state index contributed by atoms with van der Waals surface area (Å²) in [6, 6.07) is 0.477. The summed E-state index contributed by atoms with van der Waals surface area (Å²) < 4.78 is 0. The third kappa shape index (κ3) is 3.48. The Balaban J connectivity index is 1.94. The van der Waals surface area contributed by atoms with Gasteiger partial charge in [0, 0.05) is 19.1 Å². The molecule has 0 aromatic rings. The van der Waals surface area contributed by atoms with Crippen LogP contribution in [0.25, 0.3) is 0 Å². The maximum atomic E-state index is 12.7. The molecule has 1 heterocycles. The molecule has 2 fully saturated rings. The van der Waals surface area contributed by atoms with Crippen LogP contribution in [-0.4, -0.2) is 55.0 Å². The van der Waals surface area contributed by atoms with Crippen LogP contribution in [0.5, 0.6) is 0 Å².